The number of carboxylic acid groups (broad SMARTS) is 1. The number of aromatic carboxylic acids is 1. The third-order valence-electron chi connectivity index (χ3n) is 3.29. The molecule has 2 unspecified atom stereocenters. The van der Waals surface area contributed by atoms with E-state index in [1.165, 1.54) is 31.7 Å². The molecule has 1 aliphatic rings. The number of aromatic nitrogens is 1. The molecule has 0 aliphatic heterocycles. The summed E-state index contributed by atoms with van der Waals surface area (Å²) in [5.74, 6) is -0.213. The van der Waals surface area contributed by atoms with Crippen molar-refractivity contribution in [2.75, 3.05) is 5.32 Å². The van der Waals surface area contributed by atoms with Crippen molar-refractivity contribution in [2.45, 2.75) is 38.6 Å². The number of pyridine rings is 1. The molecule has 1 heterocycles. The normalized spacial score (nSPS) is 24.3. The summed E-state index contributed by atoms with van der Waals surface area (Å²) in [6.45, 7) is 2.28. The van der Waals surface area contributed by atoms with Gasteiger partial charge in [0.15, 0.2) is 0 Å². The summed E-state index contributed by atoms with van der Waals surface area (Å²) in [6.07, 6.45) is 6.54. The topological polar surface area (TPSA) is 62.2 Å². The molecule has 1 aromatic heterocycles. The molecular formula is C13H18N2O2. The second-order valence-electron chi connectivity index (χ2n) is 4.85. The van der Waals surface area contributed by atoms with Crippen LogP contribution in [0.4, 0.5) is 5.69 Å². The molecule has 1 fully saturated rings. The average Bonchev–Trinajstić information content (AvgIpc) is 2.29. The number of anilines is 1. The van der Waals surface area contributed by atoms with Crippen LogP contribution in [0.15, 0.2) is 18.3 Å². The van der Waals surface area contributed by atoms with Crippen LogP contribution in [-0.4, -0.2) is 22.1 Å². The Balaban J connectivity index is 1.96. The van der Waals surface area contributed by atoms with Gasteiger partial charge in [-0.3, -0.25) is 0 Å². The fraction of sp³-hybridized carbons (Fsp3) is 0.538. The Kier molecular flexibility index (Phi) is 3.61. The van der Waals surface area contributed by atoms with Crippen LogP contribution in [0.25, 0.3) is 0 Å². The molecule has 0 bridgehead atoms. The molecule has 92 valence electrons. The minimum atomic E-state index is -0.983. The molecule has 0 saturated heterocycles. The van der Waals surface area contributed by atoms with E-state index in [2.05, 4.69) is 17.2 Å². The van der Waals surface area contributed by atoms with Crippen LogP contribution in [0.3, 0.4) is 0 Å². The Morgan fingerprint density at radius 3 is 2.88 bits per heavy atom. The molecule has 0 radical (unpaired) electrons. The first-order chi connectivity index (χ1) is 8.15. The van der Waals surface area contributed by atoms with Gasteiger partial charge >= 0.3 is 5.97 Å². The van der Waals surface area contributed by atoms with Crippen molar-refractivity contribution >= 4 is 11.7 Å². The summed E-state index contributed by atoms with van der Waals surface area (Å²) >= 11 is 0. The number of nitrogens with zero attached hydrogens (tertiary/aromatic N) is 1. The lowest BCUT2D eigenvalue weighted by molar-refractivity contribution is 0.0690. The lowest BCUT2D eigenvalue weighted by Gasteiger charge is -2.28. The van der Waals surface area contributed by atoms with Gasteiger partial charge in [0, 0.05) is 6.04 Å². The minimum absolute atomic E-state index is 0.0903. The van der Waals surface area contributed by atoms with Crippen molar-refractivity contribution in [3.8, 4) is 0 Å². The van der Waals surface area contributed by atoms with E-state index < -0.39 is 5.97 Å². The largest absolute Gasteiger partial charge is 0.477 e. The van der Waals surface area contributed by atoms with Crippen LogP contribution in [0, 0.1) is 5.92 Å². The van der Waals surface area contributed by atoms with Gasteiger partial charge in [0.05, 0.1) is 11.9 Å². The predicted octanol–water partition coefficient (Wildman–Crippen LogP) is 2.77. The first-order valence-corrected chi connectivity index (χ1v) is 6.11. The second-order valence-corrected chi connectivity index (χ2v) is 4.85. The molecule has 2 N–H and O–H groups in total. The van der Waals surface area contributed by atoms with E-state index in [1.807, 2.05) is 0 Å². The third kappa shape index (κ3) is 3.19. The Morgan fingerprint density at radius 1 is 1.47 bits per heavy atom. The predicted molar refractivity (Wildman–Crippen MR) is 66.2 cm³/mol. The van der Waals surface area contributed by atoms with Gasteiger partial charge in [-0.2, -0.15) is 0 Å². The zero-order chi connectivity index (χ0) is 12.3. The van der Waals surface area contributed by atoms with E-state index in [-0.39, 0.29) is 5.69 Å². The Labute approximate surface area is 101 Å². The number of hydrogen-bond acceptors (Lipinski definition) is 3. The second kappa shape index (κ2) is 5.17. The first-order valence-electron chi connectivity index (χ1n) is 6.11. The maximum atomic E-state index is 10.7. The summed E-state index contributed by atoms with van der Waals surface area (Å²) in [5, 5.41) is 12.2. The van der Waals surface area contributed by atoms with Crippen LogP contribution >= 0.6 is 0 Å². The van der Waals surface area contributed by atoms with Gasteiger partial charge in [0.2, 0.25) is 0 Å². The first kappa shape index (κ1) is 11.9. The molecular weight excluding hydrogens is 216 g/mol. The van der Waals surface area contributed by atoms with Crippen LogP contribution in [0.2, 0.25) is 0 Å². The van der Waals surface area contributed by atoms with Gasteiger partial charge in [0.1, 0.15) is 5.69 Å². The number of hydrogen-bond donors (Lipinski definition) is 2. The lowest BCUT2D eigenvalue weighted by Crippen LogP contribution is -2.26. The highest BCUT2D eigenvalue weighted by Crippen LogP contribution is 2.25. The van der Waals surface area contributed by atoms with Crippen molar-refractivity contribution in [1.82, 2.24) is 4.98 Å². The number of rotatable bonds is 3. The quantitative estimate of drug-likeness (QED) is 0.844. The van der Waals surface area contributed by atoms with Crippen molar-refractivity contribution in [1.29, 1.82) is 0 Å². The van der Waals surface area contributed by atoms with Gasteiger partial charge in [-0.1, -0.05) is 19.8 Å². The van der Waals surface area contributed by atoms with E-state index >= 15 is 0 Å². The maximum absolute atomic E-state index is 10.7. The summed E-state index contributed by atoms with van der Waals surface area (Å²) in [4.78, 5) is 14.6. The number of carbonyl (C=O) groups is 1. The van der Waals surface area contributed by atoms with Gasteiger partial charge in [-0.25, -0.2) is 9.78 Å². The summed E-state index contributed by atoms with van der Waals surface area (Å²) in [6, 6.07) is 3.82. The van der Waals surface area contributed by atoms with Gasteiger partial charge in [0.25, 0.3) is 0 Å². The van der Waals surface area contributed by atoms with E-state index in [4.69, 9.17) is 5.11 Å². The number of nitrogens with one attached hydrogen (secondary N) is 1. The lowest BCUT2D eigenvalue weighted by atomic mass is 9.87. The molecule has 0 spiro atoms. The highest BCUT2D eigenvalue weighted by Gasteiger charge is 2.18. The Hall–Kier alpha value is -1.58. The summed E-state index contributed by atoms with van der Waals surface area (Å²) < 4.78 is 0. The molecule has 0 amide bonds. The molecule has 1 saturated carbocycles. The Bertz CT molecular complexity index is 389. The smallest absolute Gasteiger partial charge is 0.354 e. The third-order valence-corrected chi connectivity index (χ3v) is 3.29. The molecule has 17 heavy (non-hydrogen) atoms. The van der Waals surface area contributed by atoms with Gasteiger partial charge < -0.3 is 10.4 Å². The van der Waals surface area contributed by atoms with Crippen LogP contribution in [0.1, 0.15) is 43.1 Å². The van der Waals surface area contributed by atoms with Crippen LogP contribution < -0.4 is 5.32 Å². The van der Waals surface area contributed by atoms with Crippen LogP contribution in [-0.2, 0) is 0 Å². The summed E-state index contributed by atoms with van der Waals surface area (Å²) in [7, 11) is 0. The van der Waals surface area contributed by atoms with Gasteiger partial charge in [-0.05, 0) is 30.9 Å². The van der Waals surface area contributed by atoms with Gasteiger partial charge in [-0.15, -0.1) is 0 Å². The molecule has 1 aromatic rings. The van der Waals surface area contributed by atoms with Crippen molar-refractivity contribution in [2.24, 2.45) is 5.92 Å². The minimum Gasteiger partial charge on any atom is -0.477 e. The van der Waals surface area contributed by atoms with Crippen molar-refractivity contribution < 1.29 is 9.90 Å². The molecule has 1 aliphatic carbocycles. The van der Waals surface area contributed by atoms with E-state index in [0.29, 0.717) is 6.04 Å². The van der Waals surface area contributed by atoms with Crippen molar-refractivity contribution in [3.63, 3.8) is 0 Å². The van der Waals surface area contributed by atoms with Crippen LogP contribution in [0.5, 0.6) is 0 Å². The average molecular weight is 234 g/mol. The monoisotopic (exact) mass is 234 g/mol. The highest BCUT2D eigenvalue weighted by molar-refractivity contribution is 5.85. The molecule has 4 nitrogen and oxygen atoms in total. The van der Waals surface area contributed by atoms with E-state index in [1.54, 1.807) is 12.3 Å². The zero-order valence-corrected chi connectivity index (χ0v) is 10.0. The summed E-state index contributed by atoms with van der Waals surface area (Å²) in [5.41, 5.74) is 1.00. The van der Waals surface area contributed by atoms with E-state index in [9.17, 15) is 4.79 Å². The maximum Gasteiger partial charge on any atom is 0.354 e. The zero-order valence-electron chi connectivity index (χ0n) is 10.0. The molecule has 2 atom stereocenters. The van der Waals surface area contributed by atoms with E-state index in [0.717, 1.165) is 11.6 Å². The van der Waals surface area contributed by atoms with Crippen molar-refractivity contribution in [3.05, 3.63) is 24.0 Å². The number of carboxylic acids is 1. The standard InChI is InChI=1S/C13H18N2O2/c1-9-3-2-4-10(7-9)15-11-5-6-12(13(16)17)14-8-11/h5-6,8-10,15H,2-4,7H2,1H3,(H,16,17). The molecule has 0 aromatic carbocycles. The fourth-order valence-electron chi connectivity index (χ4n) is 2.41. The SMILES string of the molecule is CC1CCCC(Nc2ccc(C(=O)O)nc2)C1. The molecule has 2 rings (SSSR count). The fourth-order valence-corrected chi connectivity index (χ4v) is 2.41. The Morgan fingerprint density at radius 2 is 2.29 bits per heavy atom. The molecule has 4 heteroatoms. The highest BCUT2D eigenvalue weighted by atomic mass is 16.4.